The summed E-state index contributed by atoms with van der Waals surface area (Å²) < 4.78 is 4.55. The van der Waals surface area contributed by atoms with Crippen LogP contribution < -0.4 is 10.6 Å². The van der Waals surface area contributed by atoms with E-state index in [1.54, 1.807) is 48.5 Å². The molecule has 3 rings (SSSR count). The van der Waals surface area contributed by atoms with Crippen molar-refractivity contribution in [2.45, 2.75) is 19.3 Å². The van der Waals surface area contributed by atoms with E-state index in [4.69, 9.17) is 0 Å². The van der Waals surface area contributed by atoms with E-state index in [0.29, 0.717) is 5.69 Å². The quantitative estimate of drug-likeness (QED) is 0.703. The van der Waals surface area contributed by atoms with Gasteiger partial charge in [-0.05, 0) is 18.6 Å². The molecule has 0 aromatic heterocycles. The molecule has 2 aromatic carbocycles. The van der Waals surface area contributed by atoms with Gasteiger partial charge in [0.15, 0.2) is 0 Å². The monoisotopic (exact) mass is 392 g/mol. The van der Waals surface area contributed by atoms with Gasteiger partial charge in [-0.1, -0.05) is 42.5 Å². The molecule has 0 saturated carbocycles. The van der Waals surface area contributed by atoms with Crippen molar-refractivity contribution in [2.24, 2.45) is 0 Å². The molecule has 0 spiro atoms. The first-order valence-electron chi connectivity index (χ1n) is 9.12. The van der Waals surface area contributed by atoms with E-state index >= 15 is 0 Å². The van der Waals surface area contributed by atoms with Crippen molar-refractivity contribution in [1.82, 2.24) is 5.32 Å². The lowest BCUT2D eigenvalue weighted by Gasteiger charge is -2.22. The molecule has 0 heterocycles. The molecule has 148 valence electrons. The molecule has 1 aliphatic rings. The highest BCUT2D eigenvalue weighted by Crippen LogP contribution is 2.26. The zero-order valence-electron chi connectivity index (χ0n) is 15.9. The molecular formula is C22H20N2O5. The van der Waals surface area contributed by atoms with Crippen LogP contribution >= 0.6 is 0 Å². The van der Waals surface area contributed by atoms with Crippen molar-refractivity contribution >= 4 is 29.1 Å². The maximum absolute atomic E-state index is 13.0. The van der Waals surface area contributed by atoms with Gasteiger partial charge in [0, 0.05) is 29.7 Å². The molecule has 0 fully saturated rings. The second kappa shape index (κ2) is 8.97. The van der Waals surface area contributed by atoms with E-state index in [1.165, 1.54) is 7.11 Å². The highest BCUT2D eigenvalue weighted by atomic mass is 16.5. The highest BCUT2D eigenvalue weighted by molar-refractivity contribution is 6.28. The Balaban J connectivity index is 1.88. The van der Waals surface area contributed by atoms with Crippen LogP contribution in [0.3, 0.4) is 0 Å². The van der Waals surface area contributed by atoms with Gasteiger partial charge in [0.1, 0.15) is 11.4 Å². The lowest BCUT2D eigenvalue weighted by Crippen LogP contribution is -2.36. The fraction of sp³-hybridized carbons (Fsp3) is 0.182. The number of benzene rings is 2. The van der Waals surface area contributed by atoms with Gasteiger partial charge >= 0.3 is 5.97 Å². The maximum Gasteiger partial charge on any atom is 0.305 e. The number of esters is 1. The van der Waals surface area contributed by atoms with Gasteiger partial charge in [0.2, 0.25) is 17.5 Å². The Bertz CT molecular complexity index is 995. The van der Waals surface area contributed by atoms with Gasteiger partial charge in [0.05, 0.1) is 7.11 Å². The summed E-state index contributed by atoms with van der Waals surface area (Å²) >= 11 is 0. The maximum atomic E-state index is 13.0. The smallest absolute Gasteiger partial charge is 0.305 e. The van der Waals surface area contributed by atoms with Crippen molar-refractivity contribution in [3.63, 3.8) is 0 Å². The first-order chi connectivity index (χ1) is 14.0. The van der Waals surface area contributed by atoms with Gasteiger partial charge in [-0.2, -0.15) is 0 Å². The number of fused-ring (bicyclic) bond motifs is 1. The molecule has 7 nitrogen and oxygen atoms in total. The fourth-order valence-corrected chi connectivity index (χ4v) is 2.98. The molecule has 0 radical (unpaired) electrons. The van der Waals surface area contributed by atoms with Gasteiger partial charge in [-0.3, -0.25) is 19.2 Å². The van der Waals surface area contributed by atoms with Crippen LogP contribution in [0.1, 0.15) is 40.0 Å². The fourth-order valence-electron chi connectivity index (χ4n) is 2.98. The summed E-state index contributed by atoms with van der Waals surface area (Å²) in [7, 11) is 1.28. The average Bonchev–Trinajstić information content (AvgIpc) is 2.75. The van der Waals surface area contributed by atoms with E-state index in [2.05, 4.69) is 15.4 Å². The van der Waals surface area contributed by atoms with Crippen LogP contribution in [0.15, 0.2) is 66.0 Å². The first-order valence-corrected chi connectivity index (χ1v) is 9.12. The zero-order chi connectivity index (χ0) is 20.8. The Hall–Kier alpha value is -3.74. The number of hydrogen-bond acceptors (Lipinski definition) is 6. The molecule has 0 atom stereocenters. The summed E-state index contributed by atoms with van der Waals surface area (Å²) in [5.74, 6) is -1.70. The lowest BCUT2D eigenvalue weighted by molar-refractivity contribution is -0.140. The Kier molecular flexibility index (Phi) is 6.19. The number of para-hydroxylation sites is 1. The minimum atomic E-state index is -0.461. The SMILES string of the molecule is COC(=O)CCCC(=O)NC1=C(Nc2ccccc2)C(=O)c2ccccc2C1=O. The van der Waals surface area contributed by atoms with Crippen LogP contribution in [0.25, 0.3) is 0 Å². The average molecular weight is 392 g/mol. The van der Waals surface area contributed by atoms with Crippen molar-refractivity contribution in [3.05, 3.63) is 77.1 Å². The van der Waals surface area contributed by atoms with Crippen LogP contribution in [0.5, 0.6) is 0 Å². The predicted molar refractivity (Wildman–Crippen MR) is 106 cm³/mol. The van der Waals surface area contributed by atoms with E-state index in [1.807, 2.05) is 6.07 Å². The van der Waals surface area contributed by atoms with Crippen LogP contribution in [0.2, 0.25) is 0 Å². The number of hydrogen-bond donors (Lipinski definition) is 2. The number of methoxy groups -OCH3 is 1. The minimum Gasteiger partial charge on any atom is -0.469 e. The highest BCUT2D eigenvalue weighted by Gasteiger charge is 2.33. The topological polar surface area (TPSA) is 102 Å². The van der Waals surface area contributed by atoms with Gasteiger partial charge in [-0.15, -0.1) is 0 Å². The van der Waals surface area contributed by atoms with Crippen LogP contribution in [-0.4, -0.2) is 30.6 Å². The Morgan fingerprint density at radius 2 is 1.41 bits per heavy atom. The second-order valence-corrected chi connectivity index (χ2v) is 6.42. The third-order valence-electron chi connectivity index (χ3n) is 4.44. The molecule has 0 saturated heterocycles. The third kappa shape index (κ3) is 4.57. The molecule has 0 unspecified atom stereocenters. The first kappa shape index (κ1) is 20.0. The summed E-state index contributed by atoms with van der Waals surface area (Å²) in [6.45, 7) is 0. The van der Waals surface area contributed by atoms with Gasteiger partial charge < -0.3 is 15.4 Å². The number of Topliss-reactive ketones (excluding diaryl/α,β-unsaturated/α-hetero) is 2. The minimum absolute atomic E-state index is 0.0142. The van der Waals surface area contributed by atoms with Crippen molar-refractivity contribution in [1.29, 1.82) is 0 Å². The molecule has 0 aliphatic heterocycles. The number of nitrogens with one attached hydrogen (secondary N) is 2. The number of rotatable bonds is 7. The summed E-state index contributed by atoms with van der Waals surface area (Å²) in [6, 6.07) is 15.4. The summed E-state index contributed by atoms with van der Waals surface area (Å²) in [6.07, 6.45) is 0.375. The molecule has 0 bridgehead atoms. The Labute approximate surface area is 167 Å². The number of carbonyl (C=O) groups excluding carboxylic acids is 4. The molecule has 1 amide bonds. The van der Waals surface area contributed by atoms with Crippen molar-refractivity contribution in [2.75, 3.05) is 12.4 Å². The normalized spacial score (nSPS) is 13.0. The largest absolute Gasteiger partial charge is 0.469 e. The van der Waals surface area contributed by atoms with Gasteiger partial charge in [-0.25, -0.2) is 0 Å². The molecule has 1 aliphatic carbocycles. The number of ketones is 2. The molecule has 2 N–H and O–H groups in total. The molecular weight excluding hydrogens is 372 g/mol. The van der Waals surface area contributed by atoms with E-state index < -0.39 is 17.7 Å². The number of amides is 1. The Morgan fingerprint density at radius 1 is 0.828 bits per heavy atom. The lowest BCUT2D eigenvalue weighted by atomic mass is 9.90. The number of allylic oxidation sites excluding steroid dienone is 2. The summed E-state index contributed by atoms with van der Waals surface area (Å²) in [5, 5.41) is 5.52. The number of ether oxygens (including phenoxy) is 1. The number of anilines is 1. The summed E-state index contributed by atoms with van der Waals surface area (Å²) in [5.41, 5.74) is 1.04. The van der Waals surface area contributed by atoms with E-state index in [-0.39, 0.29) is 47.6 Å². The van der Waals surface area contributed by atoms with Crippen LogP contribution in [0, 0.1) is 0 Å². The summed E-state index contributed by atoms with van der Waals surface area (Å²) in [4.78, 5) is 49.6. The molecule has 29 heavy (non-hydrogen) atoms. The van der Waals surface area contributed by atoms with Crippen molar-refractivity contribution < 1.29 is 23.9 Å². The third-order valence-corrected chi connectivity index (χ3v) is 4.44. The standard InChI is InChI=1S/C22H20N2O5/c1-29-18(26)13-7-12-17(25)24-20-19(23-14-8-3-2-4-9-14)21(27)15-10-5-6-11-16(15)22(20)28/h2-6,8-11,23H,7,12-13H2,1H3,(H,24,25). The van der Waals surface area contributed by atoms with E-state index in [0.717, 1.165) is 0 Å². The van der Waals surface area contributed by atoms with Gasteiger partial charge in [0.25, 0.3) is 0 Å². The predicted octanol–water partition coefficient (Wildman–Crippen LogP) is 2.85. The second-order valence-electron chi connectivity index (χ2n) is 6.42. The van der Waals surface area contributed by atoms with Crippen LogP contribution in [-0.2, 0) is 14.3 Å². The zero-order valence-corrected chi connectivity index (χ0v) is 15.9. The molecule has 7 heteroatoms. The molecule has 2 aromatic rings. The number of carbonyl (C=O) groups is 4. The Morgan fingerprint density at radius 3 is 2.03 bits per heavy atom. The van der Waals surface area contributed by atoms with Crippen molar-refractivity contribution in [3.8, 4) is 0 Å². The van der Waals surface area contributed by atoms with Crippen LogP contribution in [0.4, 0.5) is 5.69 Å². The van der Waals surface area contributed by atoms with E-state index in [9.17, 15) is 19.2 Å².